The second-order valence-electron chi connectivity index (χ2n) is 5.63. The first-order chi connectivity index (χ1) is 12.0. The summed E-state index contributed by atoms with van der Waals surface area (Å²) < 4.78 is 6.26. The van der Waals surface area contributed by atoms with Crippen LogP contribution in [0.1, 0.15) is 11.4 Å². The first kappa shape index (κ1) is 17.2. The minimum atomic E-state index is 0.690. The van der Waals surface area contributed by atoms with E-state index in [0.717, 1.165) is 38.8 Å². The number of rotatable bonds is 5. The van der Waals surface area contributed by atoms with Crippen molar-refractivity contribution in [3.63, 3.8) is 0 Å². The van der Waals surface area contributed by atoms with Gasteiger partial charge in [0.25, 0.3) is 0 Å². The molecule has 0 unspecified atom stereocenters. The summed E-state index contributed by atoms with van der Waals surface area (Å²) in [5.41, 5.74) is 3.07. The zero-order valence-electron chi connectivity index (χ0n) is 14.3. The van der Waals surface area contributed by atoms with Gasteiger partial charge < -0.3 is 15.4 Å². The topological polar surface area (TPSA) is 59.1 Å². The number of anilines is 4. The molecule has 1 aromatic heterocycles. The largest absolute Gasteiger partial charge is 0.497 e. The van der Waals surface area contributed by atoms with E-state index in [1.807, 2.05) is 49.4 Å². The number of ether oxygens (including phenoxy) is 1. The van der Waals surface area contributed by atoms with E-state index in [9.17, 15) is 0 Å². The first-order valence-corrected chi connectivity index (χ1v) is 8.63. The van der Waals surface area contributed by atoms with Crippen molar-refractivity contribution >= 4 is 38.9 Å². The van der Waals surface area contributed by atoms with E-state index >= 15 is 0 Å². The van der Waals surface area contributed by atoms with Gasteiger partial charge in [-0.15, -0.1) is 0 Å². The molecule has 128 valence electrons. The summed E-state index contributed by atoms with van der Waals surface area (Å²) in [7, 11) is 1.65. The van der Waals surface area contributed by atoms with Gasteiger partial charge in [-0.1, -0.05) is 15.9 Å². The van der Waals surface area contributed by atoms with Gasteiger partial charge in [-0.25, -0.2) is 9.97 Å². The Balaban J connectivity index is 1.80. The zero-order chi connectivity index (χ0) is 17.8. The lowest BCUT2D eigenvalue weighted by Crippen LogP contribution is -2.01. The number of methoxy groups -OCH3 is 1. The summed E-state index contributed by atoms with van der Waals surface area (Å²) in [5, 5.41) is 6.61. The van der Waals surface area contributed by atoms with E-state index in [2.05, 4.69) is 49.5 Å². The smallest absolute Gasteiger partial charge is 0.136 e. The third kappa shape index (κ3) is 4.48. The van der Waals surface area contributed by atoms with Gasteiger partial charge in [-0.2, -0.15) is 0 Å². The van der Waals surface area contributed by atoms with Crippen molar-refractivity contribution in [3.8, 4) is 5.75 Å². The molecule has 0 bridgehead atoms. The Bertz CT molecular complexity index is 881. The summed E-state index contributed by atoms with van der Waals surface area (Å²) in [6.45, 7) is 3.92. The molecule has 2 N–H and O–H groups in total. The van der Waals surface area contributed by atoms with E-state index in [-0.39, 0.29) is 0 Å². The molecule has 0 saturated carbocycles. The molecule has 6 heteroatoms. The molecule has 0 saturated heterocycles. The third-order valence-corrected chi connectivity index (χ3v) is 4.52. The van der Waals surface area contributed by atoms with Gasteiger partial charge >= 0.3 is 0 Å². The molecule has 0 aliphatic carbocycles. The summed E-state index contributed by atoms with van der Waals surface area (Å²) in [6, 6.07) is 15.7. The second kappa shape index (κ2) is 7.53. The predicted molar refractivity (Wildman–Crippen MR) is 105 cm³/mol. The minimum Gasteiger partial charge on any atom is -0.497 e. The van der Waals surface area contributed by atoms with Gasteiger partial charge in [0.2, 0.25) is 0 Å². The number of benzene rings is 2. The Labute approximate surface area is 155 Å². The number of hydrogen-bond donors (Lipinski definition) is 2. The van der Waals surface area contributed by atoms with Crippen LogP contribution in [0.5, 0.6) is 5.75 Å². The van der Waals surface area contributed by atoms with Gasteiger partial charge in [-0.05, 0) is 61.9 Å². The fourth-order valence-electron chi connectivity index (χ4n) is 2.39. The molecule has 0 aliphatic rings. The summed E-state index contributed by atoms with van der Waals surface area (Å²) in [5.74, 6) is 2.98. The molecule has 2 aromatic carbocycles. The molecular formula is C19H19BrN4O. The number of aryl methyl sites for hydroxylation is 2. The maximum absolute atomic E-state index is 5.18. The standard InChI is InChI=1S/C19H19BrN4O/c1-12-10-15(6-9-17(12)20)24-19-11-18(21-13(2)22-19)23-14-4-7-16(25-3)8-5-14/h4-11H,1-3H3,(H2,21,22,23,24). The number of nitrogens with one attached hydrogen (secondary N) is 2. The maximum Gasteiger partial charge on any atom is 0.136 e. The zero-order valence-corrected chi connectivity index (χ0v) is 15.9. The third-order valence-electron chi connectivity index (χ3n) is 3.63. The normalized spacial score (nSPS) is 10.4. The Morgan fingerprint density at radius 2 is 1.44 bits per heavy atom. The van der Waals surface area contributed by atoms with E-state index in [1.165, 1.54) is 0 Å². The number of halogens is 1. The highest BCUT2D eigenvalue weighted by Gasteiger charge is 2.05. The van der Waals surface area contributed by atoms with E-state index in [4.69, 9.17) is 4.74 Å². The molecule has 25 heavy (non-hydrogen) atoms. The summed E-state index contributed by atoms with van der Waals surface area (Å²) in [6.07, 6.45) is 0. The van der Waals surface area contributed by atoms with Crippen LogP contribution in [0.25, 0.3) is 0 Å². The SMILES string of the molecule is COc1ccc(Nc2cc(Nc3ccc(Br)c(C)c3)nc(C)n2)cc1. The van der Waals surface area contributed by atoms with Gasteiger partial charge in [0.15, 0.2) is 0 Å². The Morgan fingerprint density at radius 1 is 0.840 bits per heavy atom. The van der Waals surface area contributed by atoms with E-state index < -0.39 is 0 Å². The molecule has 5 nitrogen and oxygen atoms in total. The molecule has 0 aliphatic heterocycles. The van der Waals surface area contributed by atoms with Crippen molar-refractivity contribution in [2.24, 2.45) is 0 Å². The van der Waals surface area contributed by atoms with Crippen molar-refractivity contribution < 1.29 is 4.74 Å². The Morgan fingerprint density at radius 3 is 2.04 bits per heavy atom. The van der Waals surface area contributed by atoms with Crippen LogP contribution in [0, 0.1) is 13.8 Å². The van der Waals surface area contributed by atoms with Crippen LogP contribution in [0.3, 0.4) is 0 Å². The number of aromatic nitrogens is 2. The lowest BCUT2D eigenvalue weighted by molar-refractivity contribution is 0.415. The predicted octanol–water partition coefficient (Wildman–Crippen LogP) is 5.35. The molecule has 1 heterocycles. The molecule has 0 atom stereocenters. The van der Waals surface area contributed by atoms with Gasteiger partial charge in [0, 0.05) is 21.9 Å². The Hall–Kier alpha value is -2.60. The number of hydrogen-bond acceptors (Lipinski definition) is 5. The van der Waals surface area contributed by atoms with Crippen molar-refractivity contribution in [2.45, 2.75) is 13.8 Å². The fourth-order valence-corrected chi connectivity index (χ4v) is 2.63. The van der Waals surface area contributed by atoms with E-state index in [1.54, 1.807) is 7.11 Å². The average molecular weight is 399 g/mol. The van der Waals surface area contributed by atoms with Crippen molar-refractivity contribution in [3.05, 3.63) is 64.4 Å². The van der Waals surface area contributed by atoms with Crippen LogP contribution in [0.15, 0.2) is 53.0 Å². The van der Waals surface area contributed by atoms with Gasteiger partial charge in [0.1, 0.15) is 23.2 Å². The molecule has 0 spiro atoms. The average Bonchev–Trinajstić information content (AvgIpc) is 2.58. The van der Waals surface area contributed by atoms with Crippen LogP contribution in [-0.4, -0.2) is 17.1 Å². The summed E-state index contributed by atoms with van der Waals surface area (Å²) in [4.78, 5) is 8.90. The van der Waals surface area contributed by atoms with Crippen LogP contribution in [0.2, 0.25) is 0 Å². The molecule has 3 aromatic rings. The van der Waals surface area contributed by atoms with Crippen LogP contribution >= 0.6 is 15.9 Å². The van der Waals surface area contributed by atoms with Gasteiger partial charge in [0.05, 0.1) is 7.11 Å². The van der Waals surface area contributed by atoms with Crippen molar-refractivity contribution in [1.82, 2.24) is 9.97 Å². The van der Waals surface area contributed by atoms with Crippen LogP contribution in [0.4, 0.5) is 23.0 Å². The van der Waals surface area contributed by atoms with Gasteiger partial charge in [-0.3, -0.25) is 0 Å². The molecule has 0 radical (unpaired) electrons. The maximum atomic E-state index is 5.18. The number of nitrogens with zero attached hydrogens (tertiary/aromatic N) is 2. The second-order valence-corrected chi connectivity index (χ2v) is 6.48. The molecule has 0 fully saturated rings. The fraction of sp³-hybridized carbons (Fsp3) is 0.158. The first-order valence-electron chi connectivity index (χ1n) is 7.83. The lowest BCUT2D eigenvalue weighted by Gasteiger charge is -2.11. The van der Waals surface area contributed by atoms with Crippen molar-refractivity contribution in [2.75, 3.05) is 17.7 Å². The molecular weight excluding hydrogens is 380 g/mol. The minimum absolute atomic E-state index is 0.690. The van der Waals surface area contributed by atoms with E-state index in [0.29, 0.717) is 5.82 Å². The highest BCUT2D eigenvalue weighted by atomic mass is 79.9. The monoisotopic (exact) mass is 398 g/mol. The molecule has 0 amide bonds. The Kier molecular flexibility index (Phi) is 5.19. The van der Waals surface area contributed by atoms with Crippen LogP contribution < -0.4 is 15.4 Å². The summed E-state index contributed by atoms with van der Waals surface area (Å²) >= 11 is 3.51. The highest BCUT2D eigenvalue weighted by Crippen LogP contribution is 2.24. The quantitative estimate of drug-likeness (QED) is 0.606. The highest BCUT2D eigenvalue weighted by molar-refractivity contribution is 9.10. The molecule has 3 rings (SSSR count). The van der Waals surface area contributed by atoms with Crippen molar-refractivity contribution in [1.29, 1.82) is 0 Å². The lowest BCUT2D eigenvalue weighted by atomic mass is 10.2. The van der Waals surface area contributed by atoms with Crippen LogP contribution in [-0.2, 0) is 0 Å².